The molecule has 2 atom stereocenters. The monoisotopic (exact) mass is 303 g/mol. The second kappa shape index (κ2) is 8.20. The fourth-order valence-electron chi connectivity index (χ4n) is 3.47. The normalized spacial score (nSPS) is 34.5. The molecule has 2 rings (SSSR count). The fraction of sp³-hybridized carbons (Fsp3) is 0.933. The Balaban J connectivity index is 0.00000200. The first-order valence-corrected chi connectivity index (χ1v) is 7.82. The second-order valence-electron chi connectivity index (χ2n) is 6.64. The summed E-state index contributed by atoms with van der Waals surface area (Å²) in [5.74, 6) is 1.60. The summed E-state index contributed by atoms with van der Waals surface area (Å²) in [6.45, 7) is 6.77. The van der Waals surface area contributed by atoms with Crippen molar-refractivity contribution >= 4 is 18.3 Å². The van der Waals surface area contributed by atoms with Gasteiger partial charge in [-0.15, -0.1) is 12.4 Å². The van der Waals surface area contributed by atoms with Crippen molar-refractivity contribution in [2.24, 2.45) is 17.6 Å². The first-order valence-electron chi connectivity index (χ1n) is 7.82. The maximum Gasteiger partial charge on any atom is 0.234 e. The zero-order valence-electron chi connectivity index (χ0n) is 12.8. The van der Waals surface area contributed by atoms with E-state index in [4.69, 9.17) is 5.73 Å². The second-order valence-corrected chi connectivity index (χ2v) is 6.64. The highest BCUT2D eigenvalue weighted by atomic mass is 35.5. The Hall–Kier alpha value is -0.320. The molecule has 1 heterocycles. The van der Waals surface area contributed by atoms with E-state index in [1.165, 1.54) is 12.8 Å². The van der Waals surface area contributed by atoms with Crippen molar-refractivity contribution in [3.05, 3.63) is 0 Å². The highest BCUT2D eigenvalue weighted by Crippen LogP contribution is 2.24. The molecule has 0 spiro atoms. The number of nitrogens with two attached hydrogens (primary N) is 1. The van der Waals surface area contributed by atoms with Gasteiger partial charge in [0.05, 0.1) is 6.54 Å². The molecule has 1 saturated heterocycles. The molecule has 0 aromatic rings. The molecule has 20 heavy (non-hydrogen) atoms. The van der Waals surface area contributed by atoms with Gasteiger partial charge in [-0.2, -0.15) is 0 Å². The fourth-order valence-corrected chi connectivity index (χ4v) is 3.47. The van der Waals surface area contributed by atoms with Gasteiger partial charge in [0, 0.05) is 18.6 Å². The molecule has 0 bridgehead atoms. The third-order valence-corrected chi connectivity index (χ3v) is 4.85. The first-order chi connectivity index (χ1) is 9.08. The molecule has 5 heteroatoms. The Labute approximate surface area is 129 Å². The maximum atomic E-state index is 12.1. The Bertz CT molecular complexity index is 305. The standard InChI is InChI=1S/C15H29N3O.ClH/c1-11-3-5-14(6-4-11)17-15(19)10-18-9-13(8-16)7-12(18)2;/h11-14H,3-10,16H2,1-2H3,(H,17,19);1H. The summed E-state index contributed by atoms with van der Waals surface area (Å²) < 4.78 is 0. The largest absolute Gasteiger partial charge is 0.352 e. The van der Waals surface area contributed by atoms with Crippen molar-refractivity contribution in [3.8, 4) is 0 Å². The summed E-state index contributed by atoms with van der Waals surface area (Å²) in [7, 11) is 0. The summed E-state index contributed by atoms with van der Waals surface area (Å²) in [4.78, 5) is 14.4. The van der Waals surface area contributed by atoms with Gasteiger partial charge in [0.1, 0.15) is 0 Å². The van der Waals surface area contributed by atoms with Gasteiger partial charge in [-0.3, -0.25) is 9.69 Å². The van der Waals surface area contributed by atoms with E-state index in [1.54, 1.807) is 0 Å². The average molecular weight is 304 g/mol. The predicted molar refractivity (Wildman–Crippen MR) is 85.0 cm³/mol. The minimum Gasteiger partial charge on any atom is -0.352 e. The highest BCUT2D eigenvalue weighted by molar-refractivity contribution is 5.85. The lowest BCUT2D eigenvalue weighted by Crippen LogP contribution is -2.44. The van der Waals surface area contributed by atoms with Crippen LogP contribution in [0, 0.1) is 11.8 Å². The van der Waals surface area contributed by atoms with Crippen molar-refractivity contribution in [1.82, 2.24) is 10.2 Å². The summed E-state index contributed by atoms with van der Waals surface area (Å²) >= 11 is 0. The Morgan fingerprint density at radius 2 is 1.90 bits per heavy atom. The number of hydrogen-bond acceptors (Lipinski definition) is 3. The topological polar surface area (TPSA) is 58.4 Å². The van der Waals surface area contributed by atoms with E-state index >= 15 is 0 Å². The number of nitrogens with one attached hydrogen (secondary N) is 1. The molecule has 2 unspecified atom stereocenters. The zero-order chi connectivity index (χ0) is 13.8. The van der Waals surface area contributed by atoms with Crippen LogP contribution < -0.4 is 11.1 Å². The molecule has 4 nitrogen and oxygen atoms in total. The van der Waals surface area contributed by atoms with Crippen LogP contribution >= 0.6 is 12.4 Å². The van der Waals surface area contributed by atoms with Crippen molar-refractivity contribution in [3.63, 3.8) is 0 Å². The highest BCUT2D eigenvalue weighted by Gasteiger charge is 2.30. The minimum absolute atomic E-state index is 0. The number of amides is 1. The number of nitrogens with zero attached hydrogens (tertiary/aromatic N) is 1. The van der Waals surface area contributed by atoms with E-state index in [2.05, 4.69) is 24.1 Å². The van der Waals surface area contributed by atoms with Crippen molar-refractivity contribution in [1.29, 1.82) is 0 Å². The third-order valence-electron chi connectivity index (χ3n) is 4.85. The molecular formula is C15H30ClN3O. The summed E-state index contributed by atoms with van der Waals surface area (Å²) in [5, 5.41) is 3.21. The number of likely N-dealkylation sites (tertiary alicyclic amines) is 1. The van der Waals surface area contributed by atoms with Gasteiger partial charge in [-0.05, 0) is 57.4 Å². The van der Waals surface area contributed by atoms with E-state index in [9.17, 15) is 4.79 Å². The molecule has 1 amide bonds. The number of hydrogen-bond donors (Lipinski definition) is 2. The van der Waals surface area contributed by atoms with Crippen LogP contribution in [-0.2, 0) is 4.79 Å². The Morgan fingerprint density at radius 3 is 2.45 bits per heavy atom. The third kappa shape index (κ3) is 4.90. The van der Waals surface area contributed by atoms with E-state index in [1.807, 2.05) is 0 Å². The number of halogens is 1. The van der Waals surface area contributed by atoms with Gasteiger partial charge < -0.3 is 11.1 Å². The molecule has 3 N–H and O–H groups in total. The number of rotatable bonds is 4. The van der Waals surface area contributed by atoms with E-state index < -0.39 is 0 Å². The summed E-state index contributed by atoms with van der Waals surface area (Å²) in [6.07, 6.45) is 5.92. The summed E-state index contributed by atoms with van der Waals surface area (Å²) in [5.41, 5.74) is 5.72. The van der Waals surface area contributed by atoms with Crippen LogP contribution in [0.5, 0.6) is 0 Å². The van der Waals surface area contributed by atoms with Gasteiger partial charge >= 0.3 is 0 Å². The van der Waals surface area contributed by atoms with Crippen LogP contribution in [0.2, 0.25) is 0 Å². The lowest BCUT2D eigenvalue weighted by Gasteiger charge is -2.28. The maximum absolute atomic E-state index is 12.1. The van der Waals surface area contributed by atoms with Crippen LogP contribution in [0.15, 0.2) is 0 Å². The molecule has 1 aliphatic carbocycles. The van der Waals surface area contributed by atoms with Crippen LogP contribution in [-0.4, -0.2) is 42.5 Å². The van der Waals surface area contributed by atoms with E-state index in [-0.39, 0.29) is 18.3 Å². The van der Waals surface area contributed by atoms with E-state index in [0.717, 1.165) is 38.3 Å². The van der Waals surface area contributed by atoms with Gasteiger partial charge in [0.2, 0.25) is 5.91 Å². The van der Waals surface area contributed by atoms with Gasteiger partial charge in [0.15, 0.2) is 0 Å². The van der Waals surface area contributed by atoms with Crippen LogP contribution in [0.25, 0.3) is 0 Å². The number of carbonyl (C=O) groups excluding carboxylic acids is 1. The van der Waals surface area contributed by atoms with Crippen molar-refractivity contribution in [2.75, 3.05) is 19.6 Å². The summed E-state index contributed by atoms with van der Waals surface area (Å²) in [6, 6.07) is 0.901. The smallest absolute Gasteiger partial charge is 0.234 e. The van der Waals surface area contributed by atoms with Gasteiger partial charge in [-0.1, -0.05) is 6.92 Å². The van der Waals surface area contributed by atoms with Crippen LogP contribution in [0.3, 0.4) is 0 Å². The Morgan fingerprint density at radius 1 is 1.25 bits per heavy atom. The average Bonchev–Trinajstić information content (AvgIpc) is 2.73. The zero-order valence-corrected chi connectivity index (χ0v) is 13.6. The lowest BCUT2D eigenvalue weighted by molar-refractivity contribution is -0.123. The molecule has 0 aromatic heterocycles. The minimum atomic E-state index is 0. The first kappa shape index (κ1) is 17.7. The Kier molecular flexibility index (Phi) is 7.27. The molecule has 2 aliphatic rings. The SMILES string of the molecule is CC1CCC(NC(=O)CN2CC(CN)CC2C)CC1.Cl. The quantitative estimate of drug-likeness (QED) is 0.832. The van der Waals surface area contributed by atoms with Crippen molar-refractivity contribution < 1.29 is 4.79 Å². The molecule has 0 aromatic carbocycles. The van der Waals surface area contributed by atoms with Crippen LogP contribution in [0.4, 0.5) is 0 Å². The predicted octanol–water partition coefficient (Wildman–Crippen LogP) is 1.77. The number of carbonyl (C=O) groups is 1. The molecule has 118 valence electrons. The van der Waals surface area contributed by atoms with E-state index in [0.29, 0.717) is 24.5 Å². The lowest BCUT2D eigenvalue weighted by atomic mass is 9.87. The molecule has 2 fully saturated rings. The molecule has 1 aliphatic heterocycles. The molecular weight excluding hydrogens is 274 g/mol. The van der Waals surface area contributed by atoms with Gasteiger partial charge in [0.25, 0.3) is 0 Å². The van der Waals surface area contributed by atoms with Crippen LogP contribution in [0.1, 0.15) is 46.0 Å². The molecule has 1 saturated carbocycles. The van der Waals surface area contributed by atoms with Gasteiger partial charge in [-0.25, -0.2) is 0 Å². The van der Waals surface area contributed by atoms with Crippen molar-refractivity contribution in [2.45, 2.75) is 58.0 Å². The molecule has 0 radical (unpaired) electrons.